The van der Waals surface area contributed by atoms with Crippen LogP contribution in [0.15, 0.2) is 0 Å². The lowest BCUT2D eigenvalue weighted by Gasteiger charge is -2.29. The third kappa shape index (κ3) is 3.46. The van der Waals surface area contributed by atoms with E-state index in [2.05, 4.69) is 18.7 Å². The molecule has 16 heavy (non-hydrogen) atoms. The van der Waals surface area contributed by atoms with Gasteiger partial charge in [-0.05, 0) is 32.2 Å². The summed E-state index contributed by atoms with van der Waals surface area (Å²) in [6, 6.07) is 0.0692. The van der Waals surface area contributed by atoms with E-state index in [-0.39, 0.29) is 5.97 Å². The number of ether oxygens (including phenoxy) is 1. The lowest BCUT2D eigenvalue weighted by atomic mass is 10.0. The van der Waals surface area contributed by atoms with Crippen LogP contribution in [0.4, 0.5) is 0 Å². The van der Waals surface area contributed by atoms with Crippen molar-refractivity contribution in [2.75, 3.05) is 19.7 Å². The van der Waals surface area contributed by atoms with Crippen molar-refractivity contribution in [1.82, 2.24) is 4.90 Å². The summed E-state index contributed by atoms with van der Waals surface area (Å²) in [5.41, 5.74) is 5.83. The third-order valence-corrected chi connectivity index (χ3v) is 3.20. The van der Waals surface area contributed by atoms with Crippen LogP contribution in [0.3, 0.4) is 0 Å². The summed E-state index contributed by atoms with van der Waals surface area (Å²) in [5.74, 6) is 0.341. The largest absolute Gasteiger partial charge is 0.465 e. The van der Waals surface area contributed by atoms with Gasteiger partial charge in [0, 0.05) is 12.6 Å². The summed E-state index contributed by atoms with van der Waals surface area (Å²) >= 11 is 0. The molecule has 0 saturated carbocycles. The molecule has 4 heteroatoms. The Morgan fingerprint density at radius 1 is 1.56 bits per heavy atom. The minimum Gasteiger partial charge on any atom is -0.465 e. The molecule has 0 aromatic carbocycles. The van der Waals surface area contributed by atoms with Crippen molar-refractivity contribution in [3.05, 3.63) is 0 Å². The summed E-state index contributed by atoms with van der Waals surface area (Å²) in [6.07, 6.45) is 2.42. The molecule has 1 aliphatic heterocycles. The Labute approximate surface area is 98.1 Å². The van der Waals surface area contributed by atoms with Gasteiger partial charge in [-0.1, -0.05) is 13.8 Å². The first kappa shape index (κ1) is 13.5. The molecule has 1 fully saturated rings. The van der Waals surface area contributed by atoms with Gasteiger partial charge in [0.2, 0.25) is 0 Å². The van der Waals surface area contributed by atoms with Crippen LogP contribution >= 0.6 is 0 Å². The van der Waals surface area contributed by atoms with Crippen LogP contribution in [-0.4, -0.2) is 42.6 Å². The van der Waals surface area contributed by atoms with E-state index in [1.807, 2.05) is 0 Å². The first-order chi connectivity index (χ1) is 7.56. The second kappa shape index (κ2) is 6.21. The molecule has 4 nitrogen and oxygen atoms in total. The van der Waals surface area contributed by atoms with Crippen molar-refractivity contribution < 1.29 is 9.53 Å². The van der Waals surface area contributed by atoms with Gasteiger partial charge < -0.3 is 10.5 Å². The molecule has 0 amide bonds. The van der Waals surface area contributed by atoms with Gasteiger partial charge in [0.05, 0.1) is 6.61 Å². The van der Waals surface area contributed by atoms with Gasteiger partial charge in [0.15, 0.2) is 0 Å². The van der Waals surface area contributed by atoms with E-state index in [0.29, 0.717) is 25.1 Å². The maximum absolute atomic E-state index is 11.4. The number of hydrogen-bond donors (Lipinski definition) is 1. The number of carbonyl (C=O) groups excluding carboxylic acids is 1. The predicted octanol–water partition coefficient (Wildman–Crippen LogP) is 0.997. The van der Waals surface area contributed by atoms with Crippen LogP contribution in [0.25, 0.3) is 0 Å². The minimum atomic E-state index is -0.501. The van der Waals surface area contributed by atoms with Crippen LogP contribution in [0.1, 0.15) is 33.6 Å². The van der Waals surface area contributed by atoms with Gasteiger partial charge in [0.25, 0.3) is 0 Å². The Kier molecular flexibility index (Phi) is 5.22. The zero-order valence-electron chi connectivity index (χ0n) is 10.6. The highest BCUT2D eigenvalue weighted by molar-refractivity contribution is 5.75. The van der Waals surface area contributed by atoms with Crippen LogP contribution in [0, 0.1) is 5.92 Å². The Balaban J connectivity index is 2.43. The fourth-order valence-electron chi connectivity index (χ4n) is 2.41. The molecule has 0 bridgehead atoms. The lowest BCUT2D eigenvalue weighted by Crippen LogP contribution is -2.46. The number of nitrogens with two attached hydrogens (primary N) is 1. The average Bonchev–Trinajstić information content (AvgIpc) is 2.66. The third-order valence-electron chi connectivity index (χ3n) is 3.20. The molecule has 0 aliphatic carbocycles. The predicted molar refractivity (Wildman–Crippen MR) is 64.0 cm³/mol. The molecule has 1 heterocycles. The first-order valence-corrected chi connectivity index (χ1v) is 6.22. The van der Waals surface area contributed by atoms with Gasteiger partial charge >= 0.3 is 5.97 Å². The zero-order valence-corrected chi connectivity index (χ0v) is 10.6. The van der Waals surface area contributed by atoms with Crippen molar-refractivity contribution in [3.8, 4) is 0 Å². The summed E-state index contributed by atoms with van der Waals surface area (Å²) in [4.78, 5) is 13.8. The van der Waals surface area contributed by atoms with E-state index in [1.54, 1.807) is 6.92 Å². The molecular weight excluding hydrogens is 204 g/mol. The van der Waals surface area contributed by atoms with Gasteiger partial charge in [-0.3, -0.25) is 9.69 Å². The molecule has 2 unspecified atom stereocenters. The highest BCUT2D eigenvalue weighted by atomic mass is 16.5. The Morgan fingerprint density at radius 3 is 2.81 bits per heavy atom. The maximum atomic E-state index is 11.4. The van der Waals surface area contributed by atoms with Crippen molar-refractivity contribution in [2.24, 2.45) is 11.7 Å². The van der Waals surface area contributed by atoms with E-state index in [1.165, 1.54) is 12.8 Å². The molecule has 1 saturated heterocycles. The van der Waals surface area contributed by atoms with Crippen LogP contribution in [0.2, 0.25) is 0 Å². The van der Waals surface area contributed by atoms with E-state index in [9.17, 15) is 4.79 Å². The normalized spacial score (nSPS) is 23.7. The molecule has 0 aromatic rings. The van der Waals surface area contributed by atoms with Crippen molar-refractivity contribution >= 4 is 5.97 Å². The SMILES string of the molecule is CCOC(=O)C(N)CN1CCCC1C(C)C. The van der Waals surface area contributed by atoms with E-state index in [4.69, 9.17) is 10.5 Å². The second-order valence-electron chi connectivity index (χ2n) is 4.81. The van der Waals surface area contributed by atoms with Gasteiger partial charge in [-0.2, -0.15) is 0 Å². The quantitative estimate of drug-likeness (QED) is 0.713. The highest BCUT2D eigenvalue weighted by Crippen LogP contribution is 2.23. The monoisotopic (exact) mass is 228 g/mol. The summed E-state index contributed by atoms with van der Waals surface area (Å²) in [7, 11) is 0. The summed E-state index contributed by atoms with van der Waals surface area (Å²) in [5, 5.41) is 0. The minimum absolute atomic E-state index is 0.281. The Morgan fingerprint density at radius 2 is 2.25 bits per heavy atom. The van der Waals surface area contributed by atoms with E-state index in [0.717, 1.165) is 6.54 Å². The number of carbonyl (C=O) groups is 1. The standard InChI is InChI=1S/C12H24N2O2/c1-4-16-12(15)10(13)8-14-7-5-6-11(14)9(2)3/h9-11H,4-8,13H2,1-3H3. The van der Waals surface area contributed by atoms with Crippen LogP contribution < -0.4 is 5.73 Å². The van der Waals surface area contributed by atoms with Crippen molar-refractivity contribution in [2.45, 2.75) is 45.7 Å². The Bertz CT molecular complexity index is 231. The zero-order chi connectivity index (χ0) is 12.1. The highest BCUT2D eigenvalue weighted by Gasteiger charge is 2.29. The number of rotatable bonds is 5. The van der Waals surface area contributed by atoms with Crippen LogP contribution in [-0.2, 0) is 9.53 Å². The number of esters is 1. The van der Waals surface area contributed by atoms with Crippen molar-refractivity contribution in [3.63, 3.8) is 0 Å². The number of likely N-dealkylation sites (tertiary alicyclic amines) is 1. The van der Waals surface area contributed by atoms with Crippen molar-refractivity contribution in [1.29, 1.82) is 0 Å². The number of hydrogen-bond acceptors (Lipinski definition) is 4. The van der Waals surface area contributed by atoms with Gasteiger partial charge in [-0.15, -0.1) is 0 Å². The molecule has 0 aromatic heterocycles. The van der Waals surface area contributed by atoms with Gasteiger partial charge in [0.1, 0.15) is 6.04 Å². The lowest BCUT2D eigenvalue weighted by molar-refractivity contribution is -0.145. The second-order valence-corrected chi connectivity index (χ2v) is 4.81. The van der Waals surface area contributed by atoms with Gasteiger partial charge in [-0.25, -0.2) is 0 Å². The first-order valence-electron chi connectivity index (χ1n) is 6.22. The molecule has 0 radical (unpaired) electrons. The molecule has 1 aliphatic rings. The molecule has 94 valence electrons. The molecule has 1 rings (SSSR count). The molecule has 0 spiro atoms. The molecule has 2 N–H and O–H groups in total. The van der Waals surface area contributed by atoms with Crippen LogP contribution in [0.5, 0.6) is 0 Å². The van der Waals surface area contributed by atoms with E-state index < -0.39 is 6.04 Å². The fourth-order valence-corrected chi connectivity index (χ4v) is 2.41. The Hall–Kier alpha value is -0.610. The van der Waals surface area contributed by atoms with E-state index >= 15 is 0 Å². The summed E-state index contributed by atoms with van der Waals surface area (Å²) < 4.78 is 4.92. The topological polar surface area (TPSA) is 55.6 Å². The molecular formula is C12H24N2O2. The summed E-state index contributed by atoms with van der Waals surface area (Å²) in [6.45, 7) is 8.33. The fraction of sp³-hybridized carbons (Fsp3) is 0.917. The maximum Gasteiger partial charge on any atom is 0.324 e. The number of nitrogens with zero attached hydrogens (tertiary/aromatic N) is 1. The average molecular weight is 228 g/mol. The smallest absolute Gasteiger partial charge is 0.324 e. The molecule has 2 atom stereocenters.